The molecule has 0 fully saturated rings. The number of rotatable bonds is 9. The van der Waals surface area contributed by atoms with Crippen molar-refractivity contribution in [1.29, 1.82) is 0 Å². The van der Waals surface area contributed by atoms with Gasteiger partial charge in [-0.1, -0.05) is 11.6 Å². The first-order valence-corrected chi connectivity index (χ1v) is 16.2. The molecule has 10 nitrogen and oxygen atoms in total. The van der Waals surface area contributed by atoms with Crippen molar-refractivity contribution >= 4 is 45.1 Å². The third kappa shape index (κ3) is 6.56. The molecular weight excluding hydrogens is 618 g/mol. The molecule has 0 spiro atoms. The van der Waals surface area contributed by atoms with Crippen LogP contribution in [0.4, 0.5) is 5.69 Å². The van der Waals surface area contributed by atoms with E-state index in [1.807, 2.05) is 20.8 Å². The summed E-state index contributed by atoms with van der Waals surface area (Å²) in [5.41, 5.74) is -1.04. The summed E-state index contributed by atoms with van der Waals surface area (Å²) in [4.78, 5) is 41.7. The fraction of sp³-hybridized carbons (Fsp3) is 0.364. The van der Waals surface area contributed by atoms with Gasteiger partial charge in [-0.2, -0.15) is 0 Å². The number of anilines is 1. The first kappa shape index (κ1) is 34.0. The molecule has 4 rings (SSSR count). The zero-order chi connectivity index (χ0) is 33.5. The van der Waals surface area contributed by atoms with Crippen LogP contribution in [0, 0.1) is 0 Å². The minimum Gasteiger partial charge on any atom is -0.494 e. The Morgan fingerprint density at radius 2 is 1.62 bits per heavy atom. The number of fused-ring (bicyclic) bond motifs is 1. The molecule has 2 atom stereocenters. The average Bonchev–Trinajstić information content (AvgIpc) is 3.19. The van der Waals surface area contributed by atoms with Crippen molar-refractivity contribution in [3.63, 3.8) is 0 Å². The van der Waals surface area contributed by atoms with Gasteiger partial charge in [0.25, 0.3) is 21.8 Å². The second-order valence-corrected chi connectivity index (χ2v) is 14.4. The number of sulfonamides is 1. The third-order valence-electron chi connectivity index (χ3n) is 7.54. The Hall–Kier alpha value is -3.93. The molecule has 0 saturated carbocycles. The summed E-state index contributed by atoms with van der Waals surface area (Å²) in [6.45, 7) is 10.9. The smallest absolute Gasteiger partial charge is 0.339 e. The summed E-state index contributed by atoms with van der Waals surface area (Å²) in [7, 11) is -0.950. The van der Waals surface area contributed by atoms with E-state index in [0.29, 0.717) is 17.9 Å². The quantitative estimate of drug-likeness (QED) is 0.241. The first-order chi connectivity index (χ1) is 20.9. The van der Waals surface area contributed by atoms with Crippen LogP contribution in [0.2, 0.25) is 5.02 Å². The van der Waals surface area contributed by atoms with E-state index in [9.17, 15) is 22.8 Å². The average molecular weight is 656 g/mol. The van der Waals surface area contributed by atoms with E-state index in [4.69, 9.17) is 21.1 Å². The van der Waals surface area contributed by atoms with Crippen LogP contribution in [0.1, 0.15) is 73.4 Å². The van der Waals surface area contributed by atoms with Crippen molar-refractivity contribution in [3.05, 3.63) is 87.9 Å². The van der Waals surface area contributed by atoms with Crippen molar-refractivity contribution in [2.75, 3.05) is 25.0 Å². The molecule has 3 aromatic carbocycles. The number of nitrogens with one attached hydrogen (secondary N) is 1. The second kappa shape index (κ2) is 12.5. The highest BCUT2D eigenvalue weighted by molar-refractivity contribution is 7.93. The summed E-state index contributed by atoms with van der Waals surface area (Å²) in [6.07, 6.45) is -0.527. The van der Waals surface area contributed by atoms with Crippen molar-refractivity contribution < 1.29 is 32.3 Å². The van der Waals surface area contributed by atoms with Gasteiger partial charge in [-0.15, -0.1) is 0 Å². The van der Waals surface area contributed by atoms with Crippen LogP contribution in [0.15, 0.2) is 65.6 Å². The normalized spacial score (nSPS) is 17.2. The summed E-state index contributed by atoms with van der Waals surface area (Å²) in [5.74, 6) is -1.37. The number of carbonyl (C=O) groups excluding carboxylic acids is 3. The number of esters is 1. The maximum absolute atomic E-state index is 14.5. The van der Waals surface area contributed by atoms with Gasteiger partial charge in [0.1, 0.15) is 11.2 Å². The lowest BCUT2D eigenvalue weighted by molar-refractivity contribution is -0.120. The Balaban J connectivity index is 1.83. The van der Waals surface area contributed by atoms with E-state index >= 15 is 0 Å². The number of nitrogens with zero attached hydrogens (tertiary/aromatic N) is 2. The van der Waals surface area contributed by atoms with Gasteiger partial charge >= 0.3 is 5.97 Å². The Morgan fingerprint density at radius 3 is 2.20 bits per heavy atom. The van der Waals surface area contributed by atoms with E-state index in [2.05, 4.69) is 5.32 Å². The van der Waals surface area contributed by atoms with Crippen LogP contribution in [-0.4, -0.2) is 63.6 Å². The van der Waals surface area contributed by atoms with Gasteiger partial charge in [-0.05, 0) is 122 Å². The minimum atomic E-state index is -4.48. The van der Waals surface area contributed by atoms with Crippen LogP contribution >= 0.6 is 11.6 Å². The van der Waals surface area contributed by atoms with Crippen LogP contribution < -0.4 is 14.4 Å². The van der Waals surface area contributed by atoms with Gasteiger partial charge in [-0.3, -0.25) is 14.5 Å². The lowest BCUT2D eigenvalue weighted by atomic mass is 9.76. The lowest BCUT2D eigenvalue weighted by Gasteiger charge is -2.27. The number of benzene rings is 3. The molecule has 0 aliphatic carbocycles. The highest BCUT2D eigenvalue weighted by Crippen LogP contribution is 2.51. The number of hydrogen-bond donors (Lipinski definition) is 1. The van der Waals surface area contributed by atoms with E-state index in [0.717, 1.165) is 4.31 Å². The Kier molecular flexibility index (Phi) is 9.40. The molecule has 0 bridgehead atoms. The van der Waals surface area contributed by atoms with E-state index < -0.39 is 39.1 Å². The second-order valence-electron chi connectivity index (χ2n) is 12.2. The predicted octanol–water partition coefficient (Wildman–Crippen LogP) is 5.37. The minimum absolute atomic E-state index is 0.116. The highest BCUT2D eigenvalue weighted by atomic mass is 35.5. The highest BCUT2D eigenvalue weighted by Gasteiger charge is 2.54. The van der Waals surface area contributed by atoms with Gasteiger partial charge in [0.15, 0.2) is 6.23 Å². The molecule has 12 heteroatoms. The van der Waals surface area contributed by atoms with Crippen LogP contribution in [0.25, 0.3) is 0 Å². The van der Waals surface area contributed by atoms with Gasteiger partial charge in [-0.25, -0.2) is 17.5 Å². The van der Waals surface area contributed by atoms with Crippen molar-refractivity contribution in [2.45, 2.75) is 63.6 Å². The molecule has 1 heterocycles. The molecule has 1 aliphatic heterocycles. The van der Waals surface area contributed by atoms with Gasteiger partial charge in [0.05, 0.1) is 22.8 Å². The third-order valence-corrected chi connectivity index (χ3v) is 9.58. The van der Waals surface area contributed by atoms with Gasteiger partial charge in [0, 0.05) is 21.7 Å². The number of amides is 2. The lowest BCUT2D eigenvalue weighted by Crippen LogP contribution is -2.42. The van der Waals surface area contributed by atoms with Crippen molar-refractivity contribution in [1.82, 2.24) is 10.2 Å². The molecular formula is C33H38ClN3O7S. The van der Waals surface area contributed by atoms with E-state index in [1.165, 1.54) is 48.5 Å². The zero-order valence-electron chi connectivity index (χ0n) is 26.6. The monoisotopic (exact) mass is 655 g/mol. The standard InChI is InChI=1S/C33H38ClN3O7S/c1-9-43-23-13-17-28-26(19-23)33(6,25-18-22(12-16-27(25)34)30(39)44-20(2)36(7)8)31(40)37(28)45(41,42)24-14-10-21(11-15-24)29(38)35-32(3,4)5/h10-20H,9H2,1-8H3,(H,35,38). The summed E-state index contributed by atoms with van der Waals surface area (Å²) < 4.78 is 40.3. The summed E-state index contributed by atoms with van der Waals surface area (Å²) in [6, 6.07) is 14.5. The topological polar surface area (TPSA) is 122 Å². The molecule has 0 saturated heterocycles. The summed E-state index contributed by atoms with van der Waals surface area (Å²) in [5, 5.41) is 2.99. The molecule has 1 aliphatic rings. The maximum Gasteiger partial charge on any atom is 0.339 e. The van der Waals surface area contributed by atoms with Crippen molar-refractivity contribution in [3.8, 4) is 5.75 Å². The number of ether oxygens (including phenoxy) is 2. The molecule has 45 heavy (non-hydrogen) atoms. The van der Waals surface area contributed by atoms with Gasteiger partial charge < -0.3 is 14.8 Å². The Bertz CT molecular complexity index is 1750. The van der Waals surface area contributed by atoms with Crippen LogP contribution in [0.5, 0.6) is 5.75 Å². The Morgan fingerprint density at radius 1 is 1.00 bits per heavy atom. The predicted molar refractivity (Wildman–Crippen MR) is 172 cm³/mol. The molecule has 240 valence electrons. The molecule has 2 amide bonds. The SMILES string of the molecule is CCOc1ccc2c(c1)C(C)(c1cc(C(=O)OC(C)N(C)C)ccc1Cl)C(=O)N2S(=O)(=O)c1ccc(C(=O)NC(C)(C)C)cc1. The van der Waals surface area contributed by atoms with E-state index in [1.54, 1.807) is 51.9 Å². The molecule has 2 unspecified atom stereocenters. The first-order valence-electron chi connectivity index (χ1n) is 14.4. The fourth-order valence-corrected chi connectivity index (χ4v) is 6.75. The molecule has 3 aromatic rings. The maximum atomic E-state index is 14.5. The summed E-state index contributed by atoms with van der Waals surface area (Å²) >= 11 is 6.68. The molecule has 0 radical (unpaired) electrons. The van der Waals surface area contributed by atoms with E-state index in [-0.39, 0.29) is 38.2 Å². The van der Waals surface area contributed by atoms with Crippen LogP contribution in [0.3, 0.4) is 0 Å². The molecule has 1 N–H and O–H groups in total. The van der Waals surface area contributed by atoms with Gasteiger partial charge in [0.2, 0.25) is 0 Å². The largest absolute Gasteiger partial charge is 0.494 e. The number of halogens is 1. The number of hydrogen-bond acceptors (Lipinski definition) is 8. The number of carbonyl (C=O) groups is 3. The molecule has 0 aromatic heterocycles. The fourth-order valence-electron chi connectivity index (χ4n) is 4.94. The zero-order valence-corrected chi connectivity index (χ0v) is 28.2. The van der Waals surface area contributed by atoms with Crippen LogP contribution in [-0.2, 0) is 25.0 Å². The van der Waals surface area contributed by atoms with Crippen molar-refractivity contribution in [2.24, 2.45) is 0 Å². The Labute approximate surface area is 269 Å².